The number of ether oxygens (including phenoxy) is 2. The quantitative estimate of drug-likeness (QED) is 0.456. The van der Waals surface area contributed by atoms with Crippen molar-refractivity contribution in [3.63, 3.8) is 0 Å². The Bertz CT molecular complexity index is 443. The van der Waals surface area contributed by atoms with E-state index >= 15 is 0 Å². The van der Waals surface area contributed by atoms with Gasteiger partial charge in [-0.15, -0.1) is 0 Å². The molecule has 0 atom stereocenters. The van der Waals surface area contributed by atoms with Crippen LogP contribution in [0.4, 0.5) is 17.6 Å². The van der Waals surface area contributed by atoms with Gasteiger partial charge in [0.1, 0.15) is 18.2 Å². The molecule has 0 heterocycles. The molecular formula is C12H12F4O3. The van der Waals surface area contributed by atoms with Gasteiger partial charge < -0.3 is 9.47 Å². The molecule has 0 bridgehead atoms. The molecule has 3 nitrogen and oxygen atoms in total. The highest BCUT2D eigenvalue weighted by molar-refractivity contribution is 5.98. The lowest BCUT2D eigenvalue weighted by atomic mass is 10.1. The number of rotatable bonds is 6. The van der Waals surface area contributed by atoms with Crippen molar-refractivity contribution in [1.29, 1.82) is 0 Å². The van der Waals surface area contributed by atoms with Crippen LogP contribution in [-0.4, -0.2) is 32.3 Å². The molecular weight excluding hydrogens is 268 g/mol. The van der Waals surface area contributed by atoms with E-state index in [1.54, 1.807) is 0 Å². The fraction of sp³-hybridized carbons (Fsp3) is 0.417. The summed E-state index contributed by atoms with van der Waals surface area (Å²) >= 11 is 0. The van der Waals surface area contributed by atoms with Crippen LogP contribution in [0.15, 0.2) is 18.2 Å². The second-order valence-electron chi connectivity index (χ2n) is 3.69. The molecule has 1 aromatic carbocycles. The average Bonchev–Trinajstić information content (AvgIpc) is 2.33. The molecule has 0 radical (unpaired) electrons. The number of carbonyl (C=O) groups excluding carboxylic acids is 1. The van der Waals surface area contributed by atoms with E-state index in [1.807, 2.05) is 0 Å². The van der Waals surface area contributed by atoms with Crippen molar-refractivity contribution >= 4 is 5.78 Å². The molecule has 7 heteroatoms. The largest absolute Gasteiger partial charge is 0.496 e. The molecule has 106 valence electrons. The molecule has 0 saturated heterocycles. The Balaban J connectivity index is 2.56. The first-order chi connectivity index (χ1) is 8.83. The maximum Gasteiger partial charge on any atom is 0.411 e. The van der Waals surface area contributed by atoms with E-state index in [2.05, 4.69) is 4.74 Å². The predicted octanol–water partition coefficient (Wildman–Crippen LogP) is 2.99. The Morgan fingerprint density at radius 1 is 1.32 bits per heavy atom. The lowest BCUT2D eigenvalue weighted by Crippen LogP contribution is -2.18. The molecule has 0 N–H and O–H groups in total. The molecule has 0 aliphatic rings. The van der Waals surface area contributed by atoms with Crippen LogP contribution in [0.5, 0.6) is 5.75 Å². The van der Waals surface area contributed by atoms with Crippen LogP contribution in [-0.2, 0) is 4.74 Å². The lowest BCUT2D eigenvalue weighted by Gasteiger charge is -2.09. The van der Waals surface area contributed by atoms with Crippen molar-refractivity contribution in [2.45, 2.75) is 12.6 Å². The highest BCUT2D eigenvalue weighted by Gasteiger charge is 2.27. The van der Waals surface area contributed by atoms with Gasteiger partial charge in [0.25, 0.3) is 0 Å². The number of ketones is 1. The zero-order valence-corrected chi connectivity index (χ0v) is 10.1. The third-order valence-corrected chi connectivity index (χ3v) is 2.20. The monoisotopic (exact) mass is 280 g/mol. The van der Waals surface area contributed by atoms with Crippen molar-refractivity contribution in [2.75, 3.05) is 20.3 Å². The van der Waals surface area contributed by atoms with Crippen molar-refractivity contribution in [3.8, 4) is 5.75 Å². The standard InChI is InChI=1S/C12H12F4O3/c1-18-11-3-2-8(13)6-9(11)10(17)4-5-19-7-12(14,15)16/h2-3,6H,4-5,7H2,1H3. The number of benzene rings is 1. The highest BCUT2D eigenvalue weighted by atomic mass is 19.4. The third kappa shape index (κ3) is 5.25. The maximum atomic E-state index is 13.0. The van der Waals surface area contributed by atoms with Gasteiger partial charge in [-0.2, -0.15) is 13.2 Å². The first-order valence-corrected chi connectivity index (χ1v) is 5.34. The van der Waals surface area contributed by atoms with Gasteiger partial charge in [0, 0.05) is 6.42 Å². The Labute approximate surface area is 107 Å². The summed E-state index contributed by atoms with van der Waals surface area (Å²) in [5.74, 6) is -0.999. The summed E-state index contributed by atoms with van der Waals surface area (Å²) in [4.78, 5) is 11.7. The summed E-state index contributed by atoms with van der Waals surface area (Å²) in [5, 5.41) is 0. The van der Waals surface area contributed by atoms with Gasteiger partial charge in [-0.1, -0.05) is 0 Å². The van der Waals surface area contributed by atoms with Gasteiger partial charge in [0.15, 0.2) is 5.78 Å². The molecule has 0 spiro atoms. The molecule has 0 unspecified atom stereocenters. The number of carbonyl (C=O) groups is 1. The van der Waals surface area contributed by atoms with E-state index in [0.717, 1.165) is 12.1 Å². The summed E-state index contributed by atoms with van der Waals surface area (Å²) in [6.07, 6.45) is -4.71. The fourth-order valence-corrected chi connectivity index (χ4v) is 1.39. The van der Waals surface area contributed by atoms with E-state index < -0.39 is 31.0 Å². The first-order valence-electron chi connectivity index (χ1n) is 5.34. The number of halogens is 4. The molecule has 1 aromatic rings. The van der Waals surface area contributed by atoms with Crippen molar-refractivity contribution in [2.24, 2.45) is 0 Å². The lowest BCUT2D eigenvalue weighted by molar-refractivity contribution is -0.173. The summed E-state index contributed by atoms with van der Waals surface area (Å²) in [5.41, 5.74) is -0.0156. The van der Waals surface area contributed by atoms with Gasteiger partial charge in [0.05, 0.1) is 19.3 Å². The fourth-order valence-electron chi connectivity index (χ4n) is 1.39. The minimum Gasteiger partial charge on any atom is -0.496 e. The number of Topliss-reactive ketones (excluding diaryl/α,β-unsaturated/α-hetero) is 1. The normalized spacial score (nSPS) is 11.4. The van der Waals surface area contributed by atoms with Crippen LogP contribution in [0.25, 0.3) is 0 Å². The van der Waals surface area contributed by atoms with Gasteiger partial charge in [-0.05, 0) is 18.2 Å². The van der Waals surface area contributed by atoms with Gasteiger partial charge in [-0.3, -0.25) is 4.79 Å². The van der Waals surface area contributed by atoms with E-state index in [0.29, 0.717) is 0 Å². The van der Waals surface area contributed by atoms with E-state index in [9.17, 15) is 22.4 Å². The topological polar surface area (TPSA) is 35.5 Å². The van der Waals surface area contributed by atoms with Gasteiger partial charge >= 0.3 is 6.18 Å². The molecule has 0 aromatic heterocycles. The summed E-state index contributed by atoms with van der Waals surface area (Å²) in [7, 11) is 1.31. The second kappa shape index (κ2) is 6.51. The Kier molecular flexibility index (Phi) is 5.29. The van der Waals surface area contributed by atoms with Crippen LogP contribution in [0, 0.1) is 5.82 Å². The zero-order valence-electron chi connectivity index (χ0n) is 10.1. The minimum atomic E-state index is -4.43. The smallest absolute Gasteiger partial charge is 0.411 e. The van der Waals surface area contributed by atoms with Crippen LogP contribution < -0.4 is 4.74 Å². The van der Waals surface area contributed by atoms with Crippen LogP contribution in [0.3, 0.4) is 0 Å². The first kappa shape index (κ1) is 15.4. The van der Waals surface area contributed by atoms with Gasteiger partial charge in [-0.25, -0.2) is 4.39 Å². The summed E-state index contributed by atoms with van der Waals surface area (Å²) in [6.45, 7) is -1.81. The third-order valence-electron chi connectivity index (χ3n) is 2.20. The predicted molar refractivity (Wildman–Crippen MR) is 58.8 cm³/mol. The van der Waals surface area contributed by atoms with Crippen LogP contribution >= 0.6 is 0 Å². The van der Waals surface area contributed by atoms with Gasteiger partial charge in [0.2, 0.25) is 0 Å². The molecule has 0 amide bonds. The van der Waals surface area contributed by atoms with E-state index in [4.69, 9.17) is 4.74 Å². The van der Waals surface area contributed by atoms with Crippen molar-refractivity contribution < 1.29 is 31.8 Å². The highest BCUT2D eigenvalue weighted by Crippen LogP contribution is 2.21. The number of hydrogen-bond donors (Lipinski definition) is 0. The number of hydrogen-bond acceptors (Lipinski definition) is 3. The minimum absolute atomic E-state index is 0.0156. The molecule has 19 heavy (non-hydrogen) atoms. The van der Waals surface area contributed by atoms with E-state index in [-0.39, 0.29) is 17.7 Å². The molecule has 0 aliphatic heterocycles. The van der Waals surface area contributed by atoms with Crippen molar-refractivity contribution in [3.05, 3.63) is 29.6 Å². The van der Waals surface area contributed by atoms with Crippen molar-refractivity contribution in [1.82, 2.24) is 0 Å². The van der Waals surface area contributed by atoms with Crippen LogP contribution in [0.1, 0.15) is 16.8 Å². The Morgan fingerprint density at radius 3 is 2.58 bits per heavy atom. The zero-order chi connectivity index (χ0) is 14.5. The Hall–Kier alpha value is -1.63. The van der Waals surface area contributed by atoms with E-state index in [1.165, 1.54) is 13.2 Å². The summed E-state index contributed by atoms with van der Waals surface area (Å²) < 4.78 is 57.6. The number of alkyl halides is 3. The Morgan fingerprint density at radius 2 is 2.00 bits per heavy atom. The molecule has 0 aliphatic carbocycles. The molecule has 0 fully saturated rings. The second-order valence-corrected chi connectivity index (χ2v) is 3.69. The average molecular weight is 280 g/mol. The molecule has 1 rings (SSSR count). The molecule has 0 saturated carbocycles. The number of methoxy groups -OCH3 is 1. The van der Waals surface area contributed by atoms with Crippen LogP contribution in [0.2, 0.25) is 0 Å². The summed E-state index contributed by atoms with van der Waals surface area (Å²) in [6, 6.07) is 3.37. The SMILES string of the molecule is COc1ccc(F)cc1C(=O)CCOCC(F)(F)F. The maximum absolute atomic E-state index is 13.0.